The number of piperidine rings is 1. The van der Waals surface area contributed by atoms with E-state index in [4.69, 9.17) is 4.42 Å². The van der Waals surface area contributed by atoms with Crippen LogP contribution in [0.2, 0.25) is 0 Å². The Morgan fingerprint density at radius 1 is 1.47 bits per heavy atom. The number of aryl methyl sites for hydroxylation is 1. The number of hydrogen-bond donors (Lipinski definition) is 1. The molecule has 3 aliphatic rings. The average Bonchev–Trinajstić information content (AvgIpc) is 2.56. The van der Waals surface area contributed by atoms with Crippen LogP contribution in [0.3, 0.4) is 0 Å². The zero-order valence-corrected chi connectivity index (χ0v) is 10.1. The molecule has 1 aromatic heterocycles. The third-order valence-corrected chi connectivity index (χ3v) is 3.93. The highest BCUT2D eigenvalue weighted by Crippen LogP contribution is 2.26. The molecule has 0 spiro atoms. The third-order valence-electron chi connectivity index (χ3n) is 3.93. The second kappa shape index (κ2) is 4.18. The zero-order chi connectivity index (χ0) is 11.8. The standard InChI is InChI=1S/C13H18N2O2/c1-9-4-5-17-12(9)13(16)15-8-10-2-3-11(15)7-14-6-10/h4-5,10-11,14H,2-3,6-8H2,1H3. The van der Waals surface area contributed by atoms with Gasteiger partial charge in [0.2, 0.25) is 0 Å². The van der Waals surface area contributed by atoms with Crippen molar-refractivity contribution < 1.29 is 9.21 Å². The van der Waals surface area contributed by atoms with Crippen molar-refractivity contribution in [1.82, 2.24) is 10.2 Å². The largest absolute Gasteiger partial charge is 0.459 e. The van der Waals surface area contributed by atoms with E-state index in [0.717, 1.165) is 31.6 Å². The fourth-order valence-electron chi connectivity index (χ4n) is 2.91. The van der Waals surface area contributed by atoms with Crippen LogP contribution in [0.5, 0.6) is 0 Å². The molecule has 4 heterocycles. The molecule has 2 bridgehead atoms. The SMILES string of the molecule is Cc1ccoc1C(=O)N1CC2CCC1CNC2. The molecule has 0 aromatic carbocycles. The molecule has 3 aliphatic heterocycles. The Balaban J connectivity index is 1.85. The van der Waals surface area contributed by atoms with Crippen molar-refractivity contribution >= 4 is 5.91 Å². The number of amides is 1. The number of hydrogen-bond acceptors (Lipinski definition) is 3. The summed E-state index contributed by atoms with van der Waals surface area (Å²) < 4.78 is 5.32. The van der Waals surface area contributed by atoms with Gasteiger partial charge < -0.3 is 14.6 Å². The Labute approximate surface area is 101 Å². The minimum Gasteiger partial charge on any atom is -0.459 e. The first-order chi connectivity index (χ1) is 8.25. The van der Waals surface area contributed by atoms with Gasteiger partial charge in [0.15, 0.2) is 5.76 Å². The number of carbonyl (C=O) groups is 1. The summed E-state index contributed by atoms with van der Waals surface area (Å²) >= 11 is 0. The van der Waals surface area contributed by atoms with E-state index in [1.54, 1.807) is 6.26 Å². The molecular formula is C13H18N2O2. The molecule has 1 N–H and O–H groups in total. The van der Waals surface area contributed by atoms with E-state index in [9.17, 15) is 4.79 Å². The average molecular weight is 234 g/mol. The Bertz CT molecular complexity index is 423. The Kier molecular flexibility index (Phi) is 2.67. The van der Waals surface area contributed by atoms with E-state index < -0.39 is 0 Å². The second-order valence-corrected chi connectivity index (χ2v) is 5.15. The van der Waals surface area contributed by atoms with Crippen molar-refractivity contribution in [2.75, 3.05) is 19.6 Å². The van der Waals surface area contributed by atoms with Crippen molar-refractivity contribution in [2.24, 2.45) is 5.92 Å². The summed E-state index contributed by atoms with van der Waals surface area (Å²) in [5, 5.41) is 3.43. The van der Waals surface area contributed by atoms with Gasteiger partial charge in [-0.15, -0.1) is 0 Å². The van der Waals surface area contributed by atoms with E-state index in [-0.39, 0.29) is 5.91 Å². The summed E-state index contributed by atoms with van der Waals surface area (Å²) in [6.45, 7) is 4.75. The molecule has 2 atom stereocenters. The maximum Gasteiger partial charge on any atom is 0.290 e. The van der Waals surface area contributed by atoms with Crippen LogP contribution in [-0.2, 0) is 0 Å². The van der Waals surface area contributed by atoms with Crippen molar-refractivity contribution in [3.63, 3.8) is 0 Å². The first-order valence-electron chi connectivity index (χ1n) is 6.31. The molecule has 4 nitrogen and oxygen atoms in total. The van der Waals surface area contributed by atoms with Crippen LogP contribution in [0.25, 0.3) is 0 Å². The van der Waals surface area contributed by atoms with Gasteiger partial charge in [-0.2, -0.15) is 0 Å². The first kappa shape index (κ1) is 10.8. The highest BCUT2D eigenvalue weighted by atomic mass is 16.3. The van der Waals surface area contributed by atoms with Crippen molar-refractivity contribution in [3.8, 4) is 0 Å². The van der Waals surface area contributed by atoms with Crippen LogP contribution in [0.4, 0.5) is 0 Å². The topological polar surface area (TPSA) is 45.5 Å². The number of rotatable bonds is 1. The van der Waals surface area contributed by atoms with Crippen molar-refractivity contribution in [2.45, 2.75) is 25.8 Å². The molecule has 3 saturated heterocycles. The first-order valence-corrected chi connectivity index (χ1v) is 6.31. The predicted octanol–water partition coefficient (Wildman–Crippen LogP) is 1.41. The maximum absolute atomic E-state index is 12.4. The Morgan fingerprint density at radius 3 is 3.12 bits per heavy atom. The molecule has 4 heteroatoms. The van der Waals surface area contributed by atoms with Gasteiger partial charge in [-0.05, 0) is 38.3 Å². The van der Waals surface area contributed by atoms with Crippen molar-refractivity contribution in [3.05, 3.63) is 23.7 Å². The van der Waals surface area contributed by atoms with E-state index in [0.29, 0.717) is 17.7 Å². The van der Waals surface area contributed by atoms with Gasteiger partial charge in [-0.1, -0.05) is 0 Å². The zero-order valence-electron chi connectivity index (χ0n) is 10.1. The smallest absolute Gasteiger partial charge is 0.290 e. The molecule has 0 radical (unpaired) electrons. The molecule has 1 aromatic rings. The van der Waals surface area contributed by atoms with Gasteiger partial charge in [0.1, 0.15) is 0 Å². The lowest BCUT2D eigenvalue weighted by molar-refractivity contribution is 0.0558. The quantitative estimate of drug-likeness (QED) is 0.799. The van der Waals surface area contributed by atoms with Crippen LogP contribution in [-0.4, -0.2) is 36.5 Å². The van der Waals surface area contributed by atoms with Gasteiger partial charge in [-0.25, -0.2) is 0 Å². The summed E-state index contributed by atoms with van der Waals surface area (Å²) in [5.41, 5.74) is 0.933. The third kappa shape index (κ3) is 1.86. The maximum atomic E-state index is 12.4. The van der Waals surface area contributed by atoms with Gasteiger partial charge >= 0.3 is 0 Å². The molecule has 1 amide bonds. The van der Waals surface area contributed by atoms with Gasteiger partial charge in [0.25, 0.3) is 5.91 Å². The van der Waals surface area contributed by atoms with E-state index >= 15 is 0 Å². The second-order valence-electron chi connectivity index (χ2n) is 5.15. The predicted molar refractivity (Wildman–Crippen MR) is 63.9 cm³/mol. The van der Waals surface area contributed by atoms with Crippen LogP contribution >= 0.6 is 0 Å². The summed E-state index contributed by atoms with van der Waals surface area (Å²) in [4.78, 5) is 14.4. The van der Waals surface area contributed by atoms with E-state index in [1.807, 2.05) is 17.9 Å². The lowest BCUT2D eigenvalue weighted by Gasteiger charge is -2.35. The van der Waals surface area contributed by atoms with Crippen molar-refractivity contribution in [1.29, 1.82) is 0 Å². The van der Waals surface area contributed by atoms with E-state index in [2.05, 4.69) is 5.32 Å². The molecule has 92 valence electrons. The summed E-state index contributed by atoms with van der Waals surface area (Å²) in [5.74, 6) is 1.18. The molecule has 2 unspecified atom stereocenters. The highest BCUT2D eigenvalue weighted by Gasteiger charge is 2.35. The summed E-state index contributed by atoms with van der Waals surface area (Å²) in [6, 6.07) is 2.19. The normalized spacial score (nSPS) is 28.2. The number of nitrogens with zero attached hydrogens (tertiary/aromatic N) is 1. The fourth-order valence-corrected chi connectivity index (χ4v) is 2.91. The van der Waals surface area contributed by atoms with Crippen LogP contribution in [0.15, 0.2) is 16.7 Å². The van der Waals surface area contributed by atoms with Gasteiger partial charge in [-0.3, -0.25) is 4.79 Å². The minimum absolute atomic E-state index is 0.0610. The number of furan rings is 1. The molecule has 17 heavy (non-hydrogen) atoms. The monoisotopic (exact) mass is 234 g/mol. The number of fused-ring (bicyclic) bond motifs is 4. The highest BCUT2D eigenvalue weighted by molar-refractivity contribution is 5.93. The fraction of sp³-hybridized carbons (Fsp3) is 0.615. The molecule has 0 aliphatic carbocycles. The summed E-state index contributed by atoms with van der Waals surface area (Å²) in [6.07, 6.45) is 3.94. The molecule has 3 fully saturated rings. The number of carbonyl (C=O) groups excluding carboxylic acids is 1. The lowest BCUT2D eigenvalue weighted by Crippen LogP contribution is -2.47. The summed E-state index contributed by atoms with van der Waals surface area (Å²) in [7, 11) is 0. The molecule has 4 rings (SSSR count). The minimum atomic E-state index is 0.0610. The van der Waals surface area contributed by atoms with E-state index in [1.165, 1.54) is 6.42 Å². The Hall–Kier alpha value is -1.29. The van der Waals surface area contributed by atoms with Crippen LogP contribution < -0.4 is 5.32 Å². The van der Waals surface area contributed by atoms with Crippen LogP contribution in [0.1, 0.15) is 29.0 Å². The lowest BCUT2D eigenvalue weighted by atomic mass is 9.94. The molecule has 0 saturated carbocycles. The Morgan fingerprint density at radius 2 is 2.35 bits per heavy atom. The molecular weight excluding hydrogens is 216 g/mol. The van der Waals surface area contributed by atoms with Gasteiger partial charge in [0, 0.05) is 24.7 Å². The van der Waals surface area contributed by atoms with Crippen LogP contribution in [0, 0.1) is 12.8 Å². The van der Waals surface area contributed by atoms with Gasteiger partial charge in [0.05, 0.1) is 6.26 Å². The number of nitrogens with one attached hydrogen (secondary N) is 1.